The van der Waals surface area contributed by atoms with Crippen LogP contribution in [0.25, 0.3) is 0 Å². The van der Waals surface area contributed by atoms with Crippen LogP contribution < -0.4 is 5.32 Å². The van der Waals surface area contributed by atoms with Gasteiger partial charge in [0.05, 0.1) is 12.3 Å². The summed E-state index contributed by atoms with van der Waals surface area (Å²) in [6, 6.07) is 6.16. The maximum absolute atomic E-state index is 13.1. The van der Waals surface area contributed by atoms with Crippen LogP contribution in [-0.2, 0) is 16.0 Å². The number of carbonyl (C=O) groups excluding carboxylic acids is 2. The summed E-state index contributed by atoms with van der Waals surface area (Å²) < 4.78 is 13.1. The van der Waals surface area contributed by atoms with Gasteiger partial charge < -0.3 is 15.1 Å². The number of halogens is 1. The smallest absolute Gasteiger partial charge is 0.226 e. The number of carbonyl (C=O) groups is 2. The highest BCUT2D eigenvalue weighted by atomic mass is 19.1. The summed E-state index contributed by atoms with van der Waals surface area (Å²) in [6.45, 7) is 4.45. The minimum absolute atomic E-state index is 0.0895. The number of nitrogens with zero attached hydrogens (tertiary/aromatic N) is 2. The third kappa shape index (κ3) is 3.75. The largest absolute Gasteiger partial charge is 0.350 e. The SMILES string of the molecule is O=C1NC2(CCN(C(=O)Cc3ccc(F)cc3)CC2)[C@H]2CN(CC3CCCC3)C[C@@H]12. The molecule has 1 aromatic rings. The average Bonchev–Trinajstić information content (AvgIpc) is 3.45. The fraction of sp³-hybridized carbons (Fsp3) is 0.667. The first-order chi connectivity index (χ1) is 14.5. The molecule has 6 heteroatoms. The molecule has 2 amide bonds. The van der Waals surface area contributed by atoms with Crippen LogP contribution in [0.5, 0.6) is 0 Å². The molecule has 0 unspecified atom stereocenters. The second kappa shape index (κ2) is 7.95. The molecule has 162 valence electrons. The van der Waals surface area contributed by atoms with Gasteiger partial charge in [0.2, 0.25) is 11.8 Å². The van der Waals surface area contributed by atoms with Gasteiger partial charge >= 0.3 is 0 Å². The van der Waals surface area contributed by atoms with Gasteiger partial charge in [-0.05, 0) is 49.3 Å². The van der Waals surface area contributed by atoms with Gasteiger partial charge in [-0.15, -0.1) is 0 Å². The summed E-state index contributed by atoms with van der Waals surface area (Å²) in [5.41, 5.74) is 0.702. The van der Waals surface area contributed by atoms with Gasteiger partial charge in [0, 0.05) is 44.2 Å². The first-order valence-corrected chi connectivity index (χ1v) is 11.6. The van der Waals surface area contributed by atoms with Gasteiger partial charge in [0.25, 0.3) is 0 Å². The Bertz CT molecular complexity index is 797. The lowest BCUT2D eigenvalue weighted by molar-refractivity contribution is -0.132. The van der Waals surface area contributed by atoms with E-state index in [4.69, 9.17) is 0 Å². The minimum Gasteiger partial charge on any atom is -0.350 e. The van der Waals surface area contributed by atoms with Crippen LogP contribution >= 0.6 is 0 Å². The fourth-order valence-electron chi connectivity index (χ4n) is 6.39. The molecule has 3 saturated heterocycles. The van der Waals surface area contributed by atoms with Crippen LogP contribution in [0.3, 0.4) is 0 Å². The Morgan fingerprint density at radius 3 is 2.50 bits per heavy atom. The van der Waals surface area contributed by atoms with Crippen LogP contribution in [0, 0.1) is 23.6 Å². The van der Waals surface area contributed by atoms with Gasteiger partial charge in [0.15, 0.2) is 0 Å². The molecule has 1 N–H and O–H groups in total. The summed E-state index contributed by atoms with van der Waals surface area (Å²) in [4.78, 5) is 29.9. The van der Waals surface area contributed by atoms with Crippen LogP contribution in [0.2, 0.25) is 0 Å². The lowest BCUT2D eigenvalue weighted by Gasteiger charge is -2.43. The second-order valence-corrected chi connectivity index (χ2v) is 9.91. The molecular formula is C24H32FN3O2. The van der Waals surface area contributed by atoms with Crippen LogP contribution in [-0.4, -0.2) is 59.9 Å². The molecule has 1 saturated carbocycles. The highest BCUT2D eigenvalue weighted by molar-refractivity contribution is 5.84. The van der Waals surface area contributed by atoms with Gasteiger partial charge in [-0.2, -0.15) is 0 Å². The van der Waals surface area contributed by atoms with E-state index in [1.165, 1.54) is 37.8 Å². The summed E-state index contributed by atoms with van der Waals surface area (Å²) in [6.07, 6.45) is 7.39. The zero-order valence-corrected chi connectivity index (χ0v) is 17.6. The van der Waals surface area contributed by atoms with Crippen molar-refractivity contribution in [3.8, 4) is 0 Å². The monoisotopic (exact) mass is 413 g/mol. The molecule has 1 aliphatic carbocycles. The molecule has 0 radical (unpaired) electrons. The number of rotatable bonds is 4. The number of likely N-dealkylation sites (tertiary alicyclic amines) is 2. The highest BCUT2D eigenvalue weighted by Crippen LogP contribution is 2.44. The maximum atomic E-state index is 13.1. The first kappa shape index (κ1) is 20.0. The van der Waals surface area contributed by atoms with Crippen molar-refractivity contribution in [2.24, 2.45) is 17.8 Å². The molecule has 5 nitrogen and oxygen atoms in total. The minimum atomic E-state index is -0.281. The van der Waals surface area contributed by atoms with Crippen LogP contribution in [0.15, 0.2) is 24.3 Å². The van der Waals surface area contributed by atoms with Crippen molar-refractivity contribution in [2.45, 2.75) is 50.5 Å². The molecule has 3 heterocycles. The van der Waals surface area contributed by atoms with Gasteiger partial charge in [0.1, 0.15) is 5.82 Å². The Morgan fingerprint density at radius 2 is 1.80 bits per heavy atom. The molecule has 30 heavy (non-hydrogen) atoms. The molecule has 0 bridgehead atoms. The Labute approximate surface area is 178 Å². The second-order valence-electron chi connectivity index (χ2n) is 9.91. The third-order valence-corrected chi connectivity index (χ3v) is 8.08. The molecule has 4 fully saturated rings. The van der Waals surface area contributed by atoms with E-state index in [0.717, 1.165) is 44.0 Å². The quantitative estimate of drug-likeness (QED) is 0.826. The van der Waals surface area contributed by atoms with E-state index < -0.39 is 0 Å². The maximum Gasteiger partial charge on any atom is 0.226 e. The Morgan fingerprint density at radius 1 is 1.10 bits per heavy atom. The van der Waals surface area contributed by atoms with E-state index in [-0.39, 0.29) is 29.1 Å². The number of piperidine rings is 1. The number of fused-ring (bicyclic) bond motifs is 2. The van der Waals surface area contributed by atoms with Gasteiger partial charge in [-0.25, -0.2) is 4.39 Å². The predicted octanol–water partition coefficient (Wildman–Crippen LogP) is 2.60. The van der Waals surface area contributed by atoms with E-state index in [2.05, 4.69) is 10.2 Å². The molecular weight excluding hydrogens is 381 g/mol. The standard InChI is InChI=1S/C24H32FN3O2/c25-19-7-5-17(6-8-19)13-22(29)28-11-9-24(10-12-28)21-16-27(14-18-3-1-2-4-18)15-20(21)23(30)26-24/h5-8,18,20-21H,1-4,9-16H2,(H,26,30)/t20-,21+/m1/s1. The molecule has 1 aromatic carbocycles. The van der Waals surface area contributed by atoms with E-state index in [9.17, 15) is 14.0 Å². The van der Waals surface area contributed by atoms with Crippen molar-refractivity contribution in [1.29, 1.82) is 0 Å². The number of amides is 2. The lowest BCUT2D eigenvalue weighted by atomic mass is 9.75. The van der Waals surface area contributed by atoms with Crippen molar-refractivity contribution in [2.75, 3.05) is 32.7 Å². The number of hydrogen-bond donors (Lipinski definition) is 1. The van der Waals surface area contributed by atoms with E-state index >= 15 is 0 Å². The topological polar surface area (TPSA) is 52.7 Å². The summed E-state index contributed by atoms with van der Waals surface area (Å²) in [5, 5.41) is 3.36. The van der Waals surface area contributed by atoms with E-state index in [1.54, 1.807) is 12.1 Å². The first-order valence-electron chi connectivity index (χ1n) is 11.6. The Balaban J connectivity index is 1.19. The van der Waals surface area contributed by atoms with Crippen LogP contribution in [0.1, 0.15) is 44.1 Å². The van der Waals surface area contributed by atoms with Crippen molar-refractivity contribution >= 4 is 11.8 Å². The van der Waals surface area contributed by atoms with Crippen LogP contribution in [0.4, 0.5) is 4.39 Å². The summed E-state index contributed by atoms with van der Waals surface area (Å²) >= 11 is 0. The number of hydrogen-bond acceptors (Lipinski definition) is 3. The third-order valence-electron chi connectivity index (χ3n) is 8.08. The van der Waals surface area contributed by atoms with Gasteiger partial charge in [-0.1, -0.05) is 25.0 Å². The number of benzene rings is 1. The Kier molecular flexibility index (Phi) is 5.30. The molecule has 5 rings (SSSR count). The normalized spacial score (nSPS) is 28.8. The van der Waals surface area contributed by atoms with E-state index in [0.29, 0.717) is 25.4 Å². The molecule has 4 aliphatic rings. The molecule has 0 aromatic heterocycles. The number of nitrogens with one attached hydrogen (secondary N) is 1. The summed E-state index contributed by atoms with van der Waals surface area (Å²) in [7, 11) is 0. The zero-order chi connectivity index (χ0) is 20.7. The fourth-order valence-corrected chi connectivity index (χ4v) is 6.39. The van der Waals surface area contributed by atoms with Gasteiger partial charge in [-0.3, -0.25) is 9.59 Å². The molecule has 1 spiro atoms. The molecule has 3 aliphatic heterocycles. The zero-order valence-electron chi connectivity index (χ0n) is 17.6. The predicted molar refractivity (Wildman–Crippen MR) is 112 cm³/mol. The summed E-state index contributed by atoms with van der Waals surface area (Å²) in [5.74, 6) is 1.34. The Hall–Kier alpha value is -1.95. The molecule has 2 atom stereocenters. The lowest BCUT2D eigenvalue weighted by Crippen LogP contribution is -2.56. The average molecular weight is 414 g/mol. The van der Waals surface area contributed by atoms with E-state index in [1.807, 2.05) is 4.90 Å². The highest BCUT2D eigenvalue weighted by Gasteiger charge is 2.57. The van der Waals surface area contributed by atoms with Crippen molar-refractivity contribution < 1.29 is 14.0 Å². The van der Waals surface area contributed by atoms with Crippen molar-refractivity contribution in [3.63, 3.8) is 0 Å². The van der Waals surface area contributed by atoms with Crippen molar-refractivity contribution in [1.82, 2.24) is 15.1 Å². The van der Waals surface area contributed by atoms with Crippen molar-refractivity contribution in [3.05, 3.63) is 35.6 Å².